The molecule has 1 N–H and O–H groups in total. The third-order valence-corrected chi connectivity index (χ3v) is 5.86. The van der Waals surface area contributed by atoms with Crippen molar-refractivity contribution in [2.75, 3.05) is 12.4 Å². The van der Waals surface area contributed by atoms with Crippen molar-refractivity contribution in [3.63, 3.8) is 0 Å². The molecule has 3 aromatic carbocycles. The van der Waals surface area contributed by atoms with Crippen molar-refractivity contribution in [3.8, 4) is 5.75 Å². The maximum absolute atomic E-state index is 13.4. The lowest BCUT2D eigenvalue weighted by atomic mass is 10.0. The predicted molar refractivity (Wildman–Crippen MR) is 126 cm³/mol. The first-order valence-corrected chi connectivity index (χ1v) is 10.6. The van der Waals surface area contributed by atoms with Gasteiger partial charge in [0.1, 0.15) is 11.4 Å². The van der Waals surface area contributed by atoms with Crippen LogP contribution in [0.5, 0.6) is 5.75 Å². The minimum Gasteiger partial charge on any atom is -0.497 e. The average molecular weight is 447 g/mol. The topological polar surface area (TPSA) is 58.6 Å². The van der Waals surface area contributed by atoms with Gasteiger partial charge in [0.15, 0.2) is 0 Å². The third-order valence-electron chi connectivity index (χ3n) is 5.45. The molecular formula is C26H23ClN2O3. The Labute approximate surface area is 192 Å². The maximum Gasteiger partial charge on any atom is 0.278 e. The van der Waals surface area contributed by atoms with E-state index in [4.69, 9.17) is 16.3 Å². The van der Waals surface area contributed by atoms with E-state index in [1.54, 1.807) is 37.4 Å². The number of hydrogen-bond acceptors (Lipinski definition) is 4. The second-order valence-electron chi connectivity index (χ2n) is 7.75. The number of hydrogen-bond donors (Lipinski definition) is 1. The third kappa shape index (κ3) is 4.25. The lowest BCUT2D eigenvalue weighted by Gasteiger charge is -2.16. The summed E-state index contributed by atoms with van der Waals surface area (Å²) in [7, 11) is 1.58. The van der Waals surface area contributed by atoms with E-state index < -0.39 is 0 Å². The fourth-order valence-corrected chi connectivity index (χ4v) is 3.73. The minimum atomic E-state index is -0.377. The molecular weight excluding hydrogens is 424 g/mol. The molecule has 1 heterocycles. The van der Waals surface area contributed by atoms with E-state index in [1.807, 2.05) is 50.2 Å². The molecule has 2 amide bonds. The Kier molecular flexibility index (Phi) is 6.01. The van der Waals surface area contributed by atoms with E-state index >= 15 is 0 Å². The molecule has 0 radical (unpaired) electrons. The summed E-state index contributed by atoms with van der Waals surface area (Å²) in [6, 6.07) is 20.3. The number of anilines is 1. The van der Waals surface area contributed by atoms with Gasteiger partial charge in [0, 0.05) is 10.7 Å². The zero-order chi connectivity index (χ0) is 22.8. The van der Waals surface area contributed by atoms with E-state index in [0.717, 1.165) is 16.7 Å². The van der Waals surface area contributed by atoms with Crippen LogP contribution in [-0.2, 0) is 16.1 Å². The fraction of sp³-hybridized carbons (Fsp3) is 0.154. The second-order valence-corrected chi connectivity index (χ2v) is 8.16. The van der Waals surface area contributed by atoms with Crippen molar-refractivity contribution in [2.24, 2.45) is 0 Å². The average Bonchev–Trinajstić information content (AvgIpc) is 3.02. The lowest BCUT2D eigenvalue weighted by Crippen LogP contribution is -2.32. The van der Waals surface area contributed by atoms with E-state index in [9.17, 15) is 9.59 Å². The van der Waals surface area contributed by atoms with Gasteiger partial charge in [-0.2, -0.15) is 0 Å². The van der Waals surface area contributed by atoms with Gasteiger partial charge >= 0.3 is 0 Å². The summed E-state index contributed by atoms with van der Waals surface area (Å²) in [4.78, 5) is 28.1. The number of benzene rings is 3. The summed E-state index contributed by atoms with van der Waals surface area (Å²) in [5, 5.41) is 3.72. The molecule has 0 aromatic heterocycles. The normalized spacial score (nSPS) is 13.7. The van der Waals surface area contributed by atoms with Crippen LogP contribution in [0.1, 0.15) is 22.3 Å². The monoisotopic (exact) mass is 446 g/mol. The molecule has 4 rings (SSSR count). The highest BCUT2D eigenvalue weighted by Gasteiger charge is 2.39. The van der Waals surface area contributed by atoms with Crippen LogP contribution in [0.3, 0.4) is 0 Å². The second kappa shape index (κ2) is 8.89. The number of carbonyl (C=O) groups is 2. The van der Waals surface area contributed by atoms with Gasteiger partial charge in [-0.25, -0.2) is 0 Å². The van der Waals surface area contributed by atoms with E-state index in [-0.39, 0.29) is 24.1 Å². The summed E-state index contributed by atoms with van der Waals surface area (Å²) < 4.78 is 5.23. The SMILES string of the molecule is COc1ccc(C2=C(Nc3ccc(C)c(Cl)c3)C(=O)N(Cc3ccc(C)cc3)C2=O)cc1. The first-order chi connectivity index (χ1) is 15.4. The molecule has 0 bridgehead atoms. The zero-order valence-electron chi connectivity index (χ0n) is 18.1. The van der Waals surface area contributed by atoms with Crippen molar-refractivity contribution >= 4 is 34.7 Å². The first-order valence-electron chi connectivity index (χ1n) is 10.2. The number of carbonyl (C=O) groups excluding carboxylic acids is 2. The van der Waals surface area contributed by atoms with Crippen LogP contribution in [0.25, 0.3) is 5.57 Å². The fourth-order valence-electron chi connectivity index (χ4n) is 3.55. The van der Waals surface area contributed by atoms with E-state index in [2.05, 4.69) is 5.32 Å². The van der Waals surface area contributed by atoms with Crippen LogP contribution in [0, 0.1) is 13.8 Å². The summed E-state index contributed by atoms with van der Waals surface area (Å²) in [5.41, 5.74) is 4.75. The smallest absolute Gasteiger partial charge is 0.278 e. The molecule has 6 heteroatoms. The first kappa shape index (κ1) is 21.7. The highest BCUT2D eigenvalue weighted by Crippen LogP contribution is 2.33. The largest absolute Gasteiger partial charge is 0.497 e. The van der Waals surface area contributed by atoms with Gasteiger partial charge in [0.05, 0.1) is 19.2 Å². The molecule has 0 unspecified atom stereocenters. The Morgan fingerprint density at radius 3 is 2.22 bits per heavy atom. The van der Waals surface area contributed by atoms with Crippen molar-refractivity contribution in [1.82, 2.24) is 4.90 Å². The van der Waals surface area contributed by atoms with Crippen molar-refractivity contribution < 1.29 is 14.3 Å². The van der Waals surface area contributed by atoms with Crippen LogP contribution in [0.15, 0.2) is 72.4 Å². The van der Waals surface area contributed by atoms with Gasteiger partial charge in [0.25, 0.3) is 11.8 Å². The molecule has 0 aliphatic carbocycles. The Balaban J connectivity index is 1.73. The molecule has 162 valence electrons. The molecule has 0 atom stereocenters. The van der Waals surface area contributed by atoms with Gasteiger partial charge in [-0.05, 0) is 54.8 Å². The molecule has 5 nitrogen and oxygen atoms in total. The molecule has 0 fully saturated rings. The number of amides is 2. The van der Waals surface area contributed by atoms with Crippen molar-refractivity contribution in [2.45, 2.75) is 20.4 Å². The van der Waals surface area contributed by atoms with Crippen molar-refractivity contribution in [1.29, 1.82) is 0 Å². The Morgan fingerprint density at radius 2 is 1.59 bits per heavy atom. The zero-order valence-corrected chi connectivity index (χ0v) is 18.9. The number of ether oxygens (including phenoxy) is 1. The van der Waals surface area contributed by atoms with Crippen LogP contribution in [0.4, 0.5) is 5.69 Å². The van der Waals surface area contributed by atoms with Crippen LogP contribution < -0.4 is 10.1 Å². The van der Waals surface area contributed by atoms with Crippen LogP contribution in [-0.4, -0.2) is 23.8 Å². The number of methoxy groups -OCH3 is 1. The maximum atomic E-state index is 13.4. The standard InChI is InChI=1S/C26H23ClN2O3/c1-16-4-7-18(8-5-16)15-29-25(30)23(19-9-12-21(32-3)13-10-19)24(26(29)31)28-20-11-6-17(2)22(27)14-20/h4-14,28H,15H2,1-3H3. The molecule has 0 saturated carbocycles. The van der Waals surface area contributed by atoms with Gasteiger partial charge in [-0.15, -0.1) is 0 Å². The summed E-state index contributed by atoms with van der Waals surface area (Å²) in [6.45, 7) is 4.09. The minimum absolute atomic E-state index is 0.192. The predicted octanol–water partition coefficient (Wildman–Crippen LogP) is 5.36. The van der Waals surface area contributed by atoms with Crippen LogP contribution >= 0.6 is 11.6 Å². The Hall–Kier alpha value is -3.57. The number of aryl methyl sites for hydroxylation is 2. The van der Waals surface area contributed by atoms with Gasteiger partial charge in [-0.3, -0.25) is 14.5 Å². The van der Waals surface area contributed by atoms with E-state index in [1.165, 1.54) is 4.90 Å². The quantitative estimate of drug-likeness (QED) is 0.518. The highest BCUT2D eigenvalue weighted by atomic mass is 35.5. The lowest BCUT2D eigenvalue weighted by molar-refractivity contribution is -0.137. The number of halogens is 1. The molecule has 1 aliphatic heterocycles. The molecule has 1 aliphatic rings. The highest BCUT2D eigenvalue weighted by molar-refractivity contribution is 6.36. The van der Waals surface area contributed by atoms with Gasteiger partial charge in [0.2, 0.25) is 0 Å². The van der Waals surface area contributed by atoms with Gasteiger partial charge in [-0.1, -0.05) is 59.6 Å². The van der Waals surface area contributed by atoms with Gasteiger partial charge < -0.3 is 10.1 Å². The number of imide groups is 1. The number of nitrogens with zero attached hydrogens (tertiary/aromatic N) is 1. The molecule has 32 heavy (non-hydrogen) atoms. The summed E-state index contributed by atoms with van der Waals surface area (Å²) >= 11 is 6.27. The van der Waals surface area contributed by atoms with Crippen LogP contribution in [0.2, 0.25) is 5.02 Å². The van der Waals surface area contributed by atoms with E-state index in [0.29, 0.717) is 27.6 Å². The van der Waals surface area contributed by atoms with Crippen molar-refractivity contribution in [3.05, 3.63) is 99.7 Å². The summed E-state index contributed by atoms with van der Waals surface area (Å²) in [6.07, 6.45) is 0. The molecule has 3 aromatic rings. The number of rotatable bonds is 6. The Morgan fingerprint density at radius 1 is 0.906 bits per heavy atom. The number of nitrogens with one attached hydrogen (secondary N) is 1. The molecule has 0 spiro atoms. The molecule has 0 saturated heterocycles. The Bertz CT molecular complexity index is 1210. The summed E-state index contributed by atoms with van der Waals surface area (Å²) in [5.74, 6) is -0.0537.